The van der Waals surface area contributed by atoms with E-state index < -0.39 is 15.9 Å². The quantitative estimate of drug-likeness (QED) is 0.678. The predicted octanol–water partition coefficient (Wildman–Crippen LogP) is 3.56. The van der Waals surface area contributed by atoms with E-state index in [9.17, 15) is 13.2 Å². The average molecular weight is 460 g/mol. The minimum Gasteiger partial charge on any atom is -0.384 e. The summed E-state index contributed by atoms with van der Waals surface area (Å²) in [6.45, 7) is 13.5. The SMILES string of the molecule is CC(C)C(C)c1ccc(C(=O)NS(=O)(=O)c2cccc(N)n2)c(N2CCC(C)C2(C)C)n1. The standard InChI is InChI=1S/C23H33N5O3S/c1-14(2)16(4)18-11-10-17(21(25-18)28-13-12-15(3)23(28,5)6)22(29)27-32(30,31)20-9-7-8-19(24)26-20/h7-11,14-16H,12-13H2,1-6H3,(H2,24,26)(H,27,29). The van der Waals surface area contributed by atoms with Crippen molar-refractivity contribution in [3.63, 3.8) is 0 Å². The number of carbonyl (C=O) groups excluding carboxylic acids is 1. The lowest BCUT2D eigenvalue weighted by Gasteiger charge is -2.37. The third kappa shape index (κ3) is 4.57. The first kappa shape index (κ1) is 24.0. The van der Waals surface area contributed by atoms with Crippen LogP contribution in [0.1, 0.15) is 69.9 Å². The van der Waals surface area contributed by atoms with Crippen molar-refractivity contribution < 1.29 is 13.2 Å². The van der Waals surface area contributed by atoms with Crippen molar-refractivity contribution in [1.82, 2.24) is 14.7 Å². The molecule has 2 aromatic rings. The summed E-state index contributed by atoms with van der Waals surface area (Å²) < 4.78 is 27.7. The molecule has 1 amide bonds. The Morgan fingerprint density at radius 1 is 1.19 bits per heavy atom. The predicted molar refractivity (Wildman–Crippen MR) is 126 cm³/mol. The molecule has 1 aliphatic rings. The van der Waals surface area contributed by atoms with E-state index in [0.29, 0.717) is 17.7 Å². The van der Waals surface area contributed by atoms with E-state index in [1.807, 2.05) is 0 Å². The number of anilines is 2. The van der Waals surface area contributed by atoms with Gasteiger partial charge in [0, 0.05) is 23.7 Å². The van der Waals surface area contributed by atoms with E-state index in [4.69, 9.17) is 10.7 Å². The molecule has 2 aromatic heterocycles. The number of pyridine rings is 2. The van der Waals surface area contributed by atoms with E-state index in [-0.39, 0.29) is 27.9 Å². The van der Waals surface area contributed by atoms with Crippen LogP contribution in [0.15, 0.2) is 35.4 Å². The number of rotatable bonds is 6. The van der Waals surface area contributed by atoms with Crippen LogP contribution in [0.5, 0.6) is 0 Å². The summed E-state index contributed by atoms with van der Waals surface area (Å²) in [4.78, 5) is 24.0. The van der Waals surface area contributed by atoms with E-state index in [1.165, 1.54) is 18.2 Å². The highest BCUT2D eigenvalue weighted by atomic mass is 32.2. The number of nitrogen functional groups attached to an aromatic ring is 1. The van der Waals surface area contributed by atoms with Gasteiger partial charge in [0.2, 0.25) is 0 Å². The fraction of sp³-hybridized carbons (Fsp3) is 0.522. The average Bonchev–Trinajstić information content (AvgIpc) is 2.99. The molecule has 2 unspecified atom stereocenters. The second kappa shape index (κ2) is 8.69. The van der Waals surface area contributed by atoms with Gasteiger partial charge in [0.15, 0.2) is 5.03 Å². The minimum absolute atomic E-state index is 0.0579. The highest BCUT2D eigenvalue weighted by molar-refractivity contribution is 7.90. The highest BCUT2D eigenvalue weighted by Gasteiger charge is 2.41. The monoisotopic (exact) mass is 459 g/mol. The summed E-state index contributed by atoms with van der Waals surface area (Å²) in [5.41, 5.74) is 6.48. The van der Waals surface area contributed by atoms with Gasteiger partial charge in [-0.1, -0.05) is 33.8 Å². The third-order valence-corrected chi connectivity index (χ3v) is 8.03. The molecule has 0 radical (unpaired) electrons. The lowest BCUT2D eigenvalue weighted by atomic mass is 9.90. The molecule has 1 saturated heterocycles. The molecule has 3 N–H and O–H groups in total. The van der Waals surface area contributed by atoms with E-state index in [0.717, 1.165) is 18.7 Å². The Hall–Kier alpha value is -2.68. The molecule has 0 bridgehead atoms. The van der Waals surface area contributed by atoms with Crippen LogP contribution in [-0.4, -0.2) is 36.4 Å². The Morgan fingerprint density at radius 2 is 1.88 bits per heavy atom. The van der Waals surface area contributed by atoms with Crippen LogP contribution in [0.3, 0.4) is 0 Å². The largest absolute Gasteiger partial charge is 0.384 e. The van der Waals surface area contributed by atoms with Gasteiger partial charge in [0.05, 0.1) is 5.56 Å². The summed E-state index contributed by atoms with van der Waals surface area (Å²) in [6, 6.07) is 7.73. The van der Waals surface area contributed by atoms with Gasteiger partial charge >= 0.3 is 0 Å². The van der Waals surface area contributed by atoms with Crippen molar-refractivity contribution in [1.29, 1.82) is 0 Å². The van der Waals surface area contributed by atoms with Gasteiger partial charge in [0.25, 0.3) is 15.9 Å². The van der Waals surface area contributed by atoms with Crippen molar-refractivity contribution in [2.24, 2.45) is 11.8 Å². The fourth-order valence-electron chi connectivity index (χ4n) is 3.86. The number of nitrogens with two attached hydrogens (primary N) is 1. The molecule has 1 aliphatic heterocycles. The Labute approximate surface area is 190 Å². The maximum atomic E-state index is 13.2. The van der Waals surface area contributed by atoms with Crippen molar-refractivity contribution in [2.45, 2.75) is 64.4 Å². The minimum atomic E-state index is -4.19. The molecule has 3 rings (SSSR count). The number of hydrogen-bond acceptors (Lipinski definition) is 7. The Balaban J connectivity index is 2.04. The van der Waals surface area contributed by atoms with Gasteiger partial charge in [-0.15, -0.1) is 0 Å². The normalized spacial score (nSPS) is 19.2. The third-order valence-electron chi connectivity index (χ3n) is 6.80. The first-order valence-corrected chi connectivity index (χ1v) is 12.4. The molecule has 0 aromatic carbocycles. The molecule has 0 aliphatic carbocycles. The zero-order valence-corrected chi connectivity index (χ0v) is 20.4. The van der Waals surface area contributed by atoms with Gasteiger partial charge < -0.3 is 10.6 Å². The first-order valence-electron chi connectivity index (χ1n) is 10.9. The van der Waals surface area contributed by atoms with Gasteiger partial charge in [-0.2, -0.15) is 8.42 Å². The van der Waals surface area contributed by atoms with Crippen LogP contribution in [0.4, 0.5) is 11.6 Å². The maximum absolute atomic E-state index is 13.2. The first-order chi connectivity index (χ1) is 14.8. The van der Waals surface area contributed by atoms with Crippen LogP contribution in [0.25, 0.3) is 0 Å². The second-order valence-electron chi connectivity index (χ2n) is 9.47. The Bertz CT molecular complexity index is 1110. The smallest absolute Gasteiger partial charge is 0.281 e. The number of nitrogens with zero attached hydrogens (tertiary/aromatic N) is 3. The van der Waals surface area contributed by atoms with Crippen molar-refractivity contribution in [3.05, 3.63) is 41.6 Å². The van der Waals surface area contributed by atoms with E-state index >= 15 is 0 Å². The molecule has 2 atom stereocenters. The number of nitrogens with one attached hydrogen (secondary N) is 1. The van der Waals surface area contributed by atoms with Crippen LogP contribution in [0.2, 0.25) is 0 Å². The summed E-state index contributed by atoms with van der Waals surface area (Å²) in [7, 11) is -4.19. The number of sulfonamides is 1. The van der Waals surface area contributed by atoms with Crippen LogP contribution in [-0.2, 0) is 10.0 Å². The number of hydrogen-bond donors (Lipinski definition) is 2. The van der Waals surface area contributed by atoms with Gasteiger partial charge in [0.1, 0.15) is 11.6 Å². The number of aromatic nitrogens is 2. The molecule has 0 spiro atoms. The fourth-order valence-corrected chi connectivity index (χ4v) is 4.80. The van der Waals surface area contributed by atoms with Crippen molar-refractivity contribution in [3.8, 4) is 0 Å². The van der Waals surface area contributed by atoms with Crippen molar-refractivity contribution in [2.75, 3.05) is 17.2 Å². The van der Waals surface area contributed by atoms with Gasteiger partial charge in [-0.25, -0.2) is 14.7 Å². The summed E-state index contributed by atoms with van der Waals surface area (Å²) in [6.07, 6.45) is 0.964. The Kier molecular flexibility index (Phi) is 6.51. The molecule has 3 heterocycles. The summed E-state index contributed by atoms with van der Waals surface area (Å²) in [5.74, 6) is 0.785. The van der Waals surface area contributed by atoms with Crippen LogP contribution in [0, 0.1) is 11.8 Å². The number of carbonyl (C=O) groups is 1. The molecular weight excluding hydrogens is 426 g/mol. The molecule has 1 fully saturated rings. The van der Waals surface area contributed by atoms with Crippen LogP contribution >= 0.6 is 0 Å². The van der Waals surface area contributed by atoms with Crippen molar-refractivity contribution >= 4 is 27.6 Å². The van der Waals surface area contributed by atoms with E-state index in [1.54, 1.807) is 12.1 Å². The zero-order chi connectivity index (χ0) is 23.8. The lowest BCUT2D eigenvalue weighted by molar-refractivity contribution is 0.0981. The zero-order valence-electron chi connectivity index (χ0n) is 19.6. The maximum Gasteiger partial charge on any atom is 0.281 e. The number of amides is 1. The molecule has 32 heavy (non-hydrogen) atoms. The summed E-state index contributed by atoms with van der Waals surface area (Å²) >= 11 is 0. The van der Waals surface area contributed by atoms with Crippen LogP contribution < -0.4 is 15.4 Å². The second-order valence-corrected chi connectivity index (χ2v) is 11.1. The highest BCUT2D eigenvalue weighted by Crippen LogP contribution is 2.39. The molecule has 8 nitrogen and oxygen atoms in total. The topological polar surface area (TPSA) is 118 Å². The summed E-state index contributed by atoms with van der Waals surface area (Å²) in [5, 5.41) is -0.305. The van der Waals surface area contributed by atoms with Gasteiger partial charge in [-0.05, 0) is 56.4 Å². The molecule has 0 saturated carbocycles. The molecule has 9 heteroatoms. The molecule has 174 valence electrons. The lowest BCUT2D eigenvalue weighted by Crippen LogP contribution is -2.44. The molecular formula is C23H33N5O3S. The van der Waals surface area contributed by atoms with E-state index in [2.05, 4.69) is 56.1 Å². The Morgan fingerprint density at radius 3 is 2.44 bits per heavy atom. The van der Waals surface area contributed by atoms with Gasteiger partial charge in [-0.3, -0.25) is 4.79 Å².